The third kappa shape index (κ3) is 3.12. The van der Waals surface area contributed by atoms with Crippen molar-refractivity contribution in [2.24, 2.45) is 0 Å². The van der Waals surface area contributed by atoms with Crippen molar-refractivity contribution in [3.8, 4) is 0 Å². The lowest BCUT2D eigenvalue weighted by Crippen LogP contribution is -2.14. The molecule has 0 aromatic carbocycles. The summed E-state index contributed by atoms with van der Waals surface area (Å²) in [6, 6.07) is 2.17. The molecular weight excluding hydrogens is 198 g/mol. The second kappa shape index (κ2) is 6.36. The summed E-state index contributed by atoms with van der Waals surface area (Å²) in [6.07, 6.45) is 6.39. The van der Waals surface area contributed by atoms with Crippen LogP contribution in [0.4, 0.5) is 5.82 Å². The maximum atomic E-state index is 4.63. The Balaban J connectivity index is 2.87. The van der Waals surface area contributed by atoms with Gasteiger partial charge in [-0.1, -0.05) is 33.3 Å². The number of unbranched alkanes of at least 4 members (excludes halogenated alkanes) is 1. The van der Waals surface area contributed by atoms with Gasteiger partial charge in [0.2, 0.25) is 0 Å². The third-order valence-corrected chi connectivity index (χ3v) is 2.67. The smallest absolute Gasteiger partial charge is 0.130 e. The van der Waals surface area contributed by atoms with E-state index in [9.17, 15) is 0 Å². The van der Waals surface area contributed by atoms with Gasteiger partial charge in [0, 0.05) is 19.7 Å². The van der Waals surface area contributed by atoms with E-state index < -0.39 is 0 Å². The fraction of sp³-hybridized carbons (Fsp3) is 0.615. The predicted octanol–water partition coefficient (Wildman–Crippen LogP) is 3.22. The van der Waals surface area contributed by atoms with Crippen molar-refractivity contribution in [3.05, 3.63) is 24.5 Å². The Morgan fingerprint density at radius 1 is 1.44 bits per heavy atom. The van der Waals surface area contributed by atoms with E-state index >= 15 is 0 Å². The number of aryl methyl sites for hydroxylation is 2. The Kier molecular flexibility index (Phi) is 5.09. The van der Waals surface area contributed by atoms with Crippen LogP contribution in [-0.4, -0.2) is 16.8 Å². The Morgan fingerprint density at radius 2 is 2.19 bits per heavy atom. The highest BCUT2D eigenvalue weighted by molar-refractivity contribution is 5.42. The van der Waals surface area contributed by atoms with Gasteiger partial charge >= 0.3 is 0 Å². The van der Waals surface area contributed by atoms with E-state index in [0.717, 1.165) is 25.2 Å². The molecule has 0 unspecified atom stereocenters. The van der Waals surface area contributed by atoms with Crippen molar-refractivity contribution in [1.82, 2.24) is 9.78 Å². The highest BCUT2D eigenvalue weighted by Gasteiger charge is 2.09. The topological polar surface area (TPSA) is 21.1 Å². The van der Waals surface area contributed by atoms with Crippen LogP contribution in [0.15, 0.2) is 18.8 Å². The molecule has 0 radical (unpaired) electrons. The molecule has 0 bridgehead atoms. The lowest BCUT2D eigenvalue weighted by molar-refractivity contribution is 0.565. The van der Waals surface area contributed by atoms with E-state index in [-0.39, 0.29) is 0 Å². The summed E-state index contributed by atoms with van der Waals surface area (Å²) in [5.41, 5.74) is 1.18. The maximum absolute atomic E-state index is 4.63. The molecule has 0 amide bonds. The van der Waals surface area contributed by atoms with Crippen LogP contribution in [0.3, 0.4) is 0 Å². The highest BCUT2D eigenvalue weighted by atomic mass is 15.4. The summed E-state index contributed by atoms with van der Waals surface area (Å²) in [6.45, 7) is 9.18. The molecule has 0 fully saturated rings. The standard InChI is InChI=1S/C13H23N3/c1-5-8-10-16-13(15(4)7-3)11-12(14-16)9-6-2/h7,11H,3,5-6,8-10H2,1-2,4H3. The van der Waals surface area contributed by atoms with E-state index in [1.54, 1.807) is 0 Å². The zero-order valence-electron chi connectivity index (χ0n) is 10.7. The first-order chi connectivity index (χ1) is 7.72. The first kappa shape index (κ1) is 12.8. The van der Waals surface area contributed by atoms with Gasteiger partial charge in [-0.05, 0) is 19.0 Å². The van der Waals surface area contributed by atoms with Crippen LogP contribution in [0.2, 0.25) is 0 Å². The molecule has 1 heterocycles. The molecule has 16 heavy (non-hydrogen) atoms. The molecule has 3 heteroatoms. The fourth-order valence-electron chi connectivity index (χ4n) is 1.69. The van der Waals surface area contributed by atoms with Crippen LogP contribution in [0.1, 0.15) is 38.8 Å². The first-order valence-electron chi connectivity index (χ1n) is 6.15. The Bertz CT molecular complexity index is 328. The van der Waals surface area contributed by atoms with Crippen LogP contribution in [0.5, 0.6) is 0 Å². The molecular formula is C13H23N3. The molecule has 3 nitrogen and oxygen atoms in total. The largest absolute Gasteiger partial charge is 0.337 e. The average Bonchev–Trinajstić information content (AvgIpc) is 2.69. The van der Waals surface area contributed by atoms with Crippen molar-refractivity contribution in [1.29, 1.82) is 0 Å². The minimum absolute atomic E-state index is 0.994. The lowest BCUT2D eigenvalue weighted by Gasteiger charge is -2.14. The second-order valence-electron chi connectivity index (χ2n) is 4.11. The van der Waals surface area contributed by atoms with Gasteiger partial charge in [-0.25, -0.2) is 4.68 Å². The minimum Gasteiger partial charge on any atom is -0.337 e. The normalized spacial score (nSPS) is 10.4. The van der Waals surface area contributed by atoms with Crippen LogP contribution in [-0.2, 0) is 13.0 Å². The molecule has 0 N–H and O–H groups in total. The van der Waals surface area contributed by atoms with Crippen molar-refractivity contribution >= 4 is 5.82 Å². The molecule has 1 aromatic heterocycles. The summed E-state index contributed by atoms with van der Waals surface area (Å²) in [5.74, 6) is 1.15. The molecule has 0 spiro atoms. The van der Waals surface area contributed by atoms with Gasteiger partial charge < -0.3 is 4.90 Å². The van der Waals surface area contributed by atoms with E-state index in [2.05, 4.69) is 36.3 Å². The SMILES string of the molecule is C=CN(C)c1cc(CCC)nn1CCCC. The van der Waals surface area contributed by atoms with Crippen LogP contribution >= 0.6 is 0 Å². The van der Waals surface area contributed by atoms with E-state index in [1.807, 2.05) is 18.1 Å². The van der Waals surface area contributed by atoms with E-state index in [0.29, 0.717) is 0 Å². The van der Waals surface area contributed by atoms with Crippen LogP contribution in [0, 0.1) is 0 Å². The van der Waals surface area contributed by atoms with Crippen molar-refractivity contribution in [3.63, 3.8) is 0 Å². The zero-order valence-corrected chi connectivity index (χ0v) is 10.7. The van der Waals surface area contributed by atoms with Crippen molar-refractivity contribution in [2.75, 3.05) is 11.9 Å². The van der Waals surface area contributed by atoms with Crippen LogP contribution in [0.25, 0.3) is 0 Å². The molecule has 0 aliphatic rings. The molecule has 1 rings (SSSR count). The molecule has 0 atom stereocenters. The Hall–Kier alpha value is -1.25. The molecule has 0 saturated carbocycles. The molecule has 1 aromatic rings. The van der Waals surface area contributed by atoms with Gasteiger partial charge in [0.25, 0.3) is 0 Å². The van der Waals surface area contributed by atoms with Gasteiger partial charge in [0.15, 0.2) is 0 Å². The lowest BCUT2D eigenvalue weighted by atomic mass is 10.2. The highest BCUT2D eigenvalue weighted by Crippen LogP contribution is 2.17. The maximum Gasteiger partial charge on any atom is 0.130 e. The monoisotopic (exact) mass is 221 g/mol. The molecule has 0 saturated heterocycles. The van der Waals surface area contributed by atoms with Crippen LogP contribution < -0.4 is 4.90 Å². The summed E-state index contributed by atoms with van der Waals surface area (Å²) >= 11 is 0. The Labute approximate surface area is 98.8 Å². The summed E-state index contributed by atoms with van der Waals surface area (Å²) in [5, 5.41) is 4.63. The van der Waals surface area contributed by atoms with Crippen molar-refractivity contribution < 1.29 is 0 Å². The quantitative estimate of drug-likeness (QED) is 0.705. The number of hydrogen-bond donors (Lipinski definition) is 0. The van der Waals surface area contributed by atoms with E-state index in [1.165, 1.54) is 18.5 Å². The Morgan fingerprint density at radius 3 is 2.75 bits per heavy atom. The first-order valence-corrected chi connectivity index (χ1v) is 6.15. The summed E-state index contributed by atoms with van der Waals surface area (Å²) in [7, 11) is 2.02. The number of aromatic nitrogens is 2. The van der Waals surface area contributed by atoms with Gasteiger partial charge in [-0.2, -0.15) is 5.10 Å². The second-order valence-corrected chi connectivity index (χ2v) is 4.11. The fourth-order valence-corrected chi connectivity index (χ4v) is 1.69. The van der Waals surface area contributed by atoms with Crippen molar-refractivity contribution in [2.45, 2.75) is 46.1 Å². The number of anilines is 1. The molecule has 0 aliphatic carbocycles. The van der Waals surface area contributed by atoms with Gasteiger partial charge in [0.1, 0.15) is 5.82 Å². The summed E-state index contributed by atoms with van der Waals surface area (Å²) in [4.78, 5) is 2.03. The number of rotatable bonds is 7. The zero-order chi connectivity index (χ0) is 12.0. The number of nitrogens with zero attached hydrogens (tertiary/aromatic N) is 3. The van der Waals surface area contributed by atoms with Gasteiger partial charge in [0.05, 0.1) is 5.69 Å². The average molecular weight is 221 g/mol. The molecule has 90 valence electrons. The third-order valence-electron chi connectivity index (χ3n) is 2.67. The minimum atomic E-state index is 0.994. The molecule has 0 aliphatic heterocycles. The summed E-state index contributed by atoms with van der Waals surface area (Å²) < 4.78 is 2.09. The number of hydrogen-bond acceptors (Lipinski definition) is 2. The van der Waals surface area contributed by atoms with Gasteiger partial charge in [-0.3, -0.25) is 0 Å². The predicted molar refractivity (Wildman–Crippen MR) is 69.7 cm³/mol. The van der Waals surface area contributed by atoms with E-state index in [4.69, 9.17) is 0 Å². The van der Waals surface area contributed by atoms with Gasteiger partial charge in [-0.15, -0.1) is 0 Å².